The molecule has 6 heteroatoms. The minimum Gasteiger partial charge on any atom is -0.314 e. The quantitative estimate of drug-likeness (QED) is 0.867. The zero-order valence-electron chi connectivity index (χ0n) is 14.0. The monoisotopic (exact) mass is 370 g/mol. The van der Waals surface area contributed by atoms with E-state index in [1.165, 1.54) is 24.0 Å². The van der Waals surface area contributed by atoms with Gasteiger partial charge >= 0.3 is 0 Å². The molecule has 24 heavy (non-hydrogen) atoms. The molecule has 0 aromatic heterocycles. The zero-order chi connectivity index (χ0) is 15.9. The second-order valence-corrected chi connectivity index (χ2v) is 9.25. The summed E-state index contributed by atoms with van der Waals surface area (Å²) < 4.78 is 27.4. The number of sulfonamides is 1. The summed E-state index contributed by atoms with van der Waals surface area (Å²) in [5.41, 5.74) is 2.55. The highest BCUT2D eigenvalue weighted by atomic mass is 35.5. The van der Waals surface area contributed by atoms with Crippen molar-refractivity contribution in [3.05, 3.63) is 29.3 Å². The minimum atomic E-state index is -3.32. The summed E-state index contributed by atoms with van der Waals surface area (Å²) in [7, 11) is -3.32. The van der Waals surface area contributed by atoms with Crippen molar-refractivity contribution in [3.8, 4) is 0 Å². The van der Waals surface area contributed by atoms with E-state index in [1.54, 1.807) is 10.4 Å². The molecule has 1 heterocycles. The molecule has 0 amide bonds. The number of nitrogens with one attached hydrogen (secondary N) is 1. The van der Waals surface area contributed by atoms with Gasteiger partial charge in [0.05, 0.1) is 4.90 Å². The fourth-order valence-corrected chi connectivity index (χ4v) is 5.33. The van der Waals surface area contributed by atoms with Gasteiger partial charge in [-0.2, -0.15) is 4.31 Å². The van der Waals surface area contributed by atoms with Crippen LogP contribution in [-0.4, -0.2) is 38.4 Å². The van der Waals surface area contributed by atoms with E-state index in [0.29, 0.717) is 24.0 Å². The van der Waals surface area contributed by atoms with Crippen LogP contribution in [0.2, 0.25) is 0 Å². The van der Waals surface area contributed by atoms with E-state index in [4.69, 9.17) is 0 Å². The van der Waals surface area contributed by atoms with Gasteiger partial charge in [0.25, 0.3) is 0 Å². The fraction of sp³-hybridized carbons (Fsp3) is 0.667. The summed E-state index contributed by atoms with van der Waals surface area (Å²) in [6.07, 6.45) is 7.83. The van der Waals surface area contributed by atoms with Crippen LogP contribution >= 0.6 is 12.4 Å². The predicted octanol–water partition coefficient (Wildman–Crippen LogP) is 2.75. The van der Waals surface area contributed by atoms with Crippen molar-refractivity contribution in [1.82, 2.24) is 9.62 Å². The Morgan fingerprint density at radius 1 is 1.04 bits per heavy atom. The lowest BCUT2D eigenvalue weighted by atomic mass is 10.1. The van der Waals surface area contributed by atoms with Crippen molar-refractivity contribution >= 4 is 22.4 Å². The summed E-state index contributed by atoms with van der Waals surface area (Å²) in [6, 6.07) is 6.22. The second kappa shape index (κ2) is 7.32. The van der Waals surface area contributed by atoms with Gasteiger partial charge in [-0.05, 0) is 80.7 Å². The molecule has 0 atom stereocenters. The van der Waals surface area contributed by atoms with Gasteiger partial charge in [0, 0.05) is 19.1 Å². The third kappa shape index (κ3) is 3.79. The van der Waals surface area contributed by atoms with Crippen LogP contribution in [0.1, 0.15) is 43.2 Å². The van der Waals surface area contributed by atoms with Crippen molar-refractivity contribution in [2.24, 2.45) is 5.92 Å². The molecule has 0 unspecified atom stereocenters. The largest absolute Gasteiger partial charge is 0.314 e. The standard InChI is InChI=1S/C18H26N2O2S.ClH/c21-23(22,18-7-6-15-2-1-3-16(15)12-18)20-10-8-17(9-11-20)19-13-14-4-5-14;/h6-7,12,14,17,19H,1-5,8-11,13H2;1H. The van der Waals surface area contributed by atoms with Gasteiger partial charge < -0.3 is 5.32 Å². The Hall–Kier alpha value is -0.620. The van der Waals surface area contributed by atoms with Crippen molar-refractivity contribution in [1.29, 1.82) is 0 Å². The molecular weight excluding hydrogens is 344 g/mol. The maximum atomic E-state index is 12.9. The Morgan fingerprint density at radius 3 is 2.46 bits per heavy atom. The van der Waals surface area contributed by atoms with Gasteiger partial charge in [-0.15, -0.1) is 12.4 Å². The number of benzene rings is 1. The first-order valence-electron chi connectivity index (χ1n) is 8.98. The normalized spacial score (nSPS) is 22.2. The van der Waals surface area contributed by atoms with Crippen molar-refractivity contribution in [2.45, 2.75) is 55.9 Å². The van der Waals surface area contributed by atoms with Crippen LogP contribution in [0.3, 0.4) is 0 Å². The molecule has 1 aromatic carbocycles. The molecule has 0 radical (unpaired) electrons. The molecule has 4 nitrogen and oxygen atoms in total. The van der Waals surface area contributed by atoms with Crippen LogP contribution < -0.4 is 5.32 Å². The number of nitrogens with zero attached hydrogens (tertiary/aromatic N) is 1. The van der Waals surface area contributed by atoms with Crippen LogP contribution in [0.5, 0.6) is 0 Å². The SMILES string of the molecule is Cl.O=S(=O)(c1ccc2c(c1)CCC2)N1CCC(NCC2CC2)CC1. The summed E-state index contributed by atoms with van der Waals surface area (Å²) in [5.74, 6) is 0.878. The highest BCUT2D eigenvalue weighted by Gasteiger charge is 2.31. The van der Waals surface area contributed by atoms with Crippen molar-refractivity contribution in [3.63, 3.8) is 0 Å². The number of rotatable bonds is 5. The van der Waals surface area contributed by atoms with Gasteiger partial charge in [0.2, 0.25) is 10.0 Å². The number of piperidine rings is 1. The molecule has 1 saturated heterocycles. The van der Waals surface area contributed by atoms with Crippen LogP contribution in [-0.2, 0) is 22.9 Å². The number of hydrogen-bond acceptors (Lipinski definition) is 3. The molecule has 1 saturated carbocycles. The molecular formula is C18H27ClN2O2S. The first-order chi connectivity index (χ1) is 11.1. The first kappa shape index (κ1) is 18.2. The van der Waals surface area contributed by atoms with Crippen LogP contribution in [0.4, 0.5) is 0 Å². The summed E-state index contributed by atoms with van der Waals surface area (Å²) in [4.78, 5) is 0.488. The van der Waals surface area contributed by atoms with Gasteiger partial charge in [-0.25, -0.2) is 8.42 Å². The summed E-state index contributed by atoms with van der Waals surface area (Å²) >= 11 is 0. The Morgan fingerprint density at radius 2 is 1.75 bits per heavy atom. The first-order valence-corrected chi connectivity index (χ1v) is 10.4. The Kier molecular flexibility index (Phi) is 5.55. The molecule has 3 aliphatic rings. The lowest BCUT2D eigenvalue weighted by Crippen LogP contribution is -2.45. The second-order valence-electron chi connectivity index (χ2n) is 7.31. The Bertz CT molecular complexity index is 680. The van der Waals surface area contributed by atoms with Crippen molar-refractivity contribution in [2.75, 3.05) is 19.6 Å². The molecule has 0 bridgehead atoms. The molecule has 2 aliphatic carbocycles. The predicted molar refractivity (Wildman–Crippen MR) is 98.2 cm³/mol. The lowest BCUT2D eigenvalue weighted by molar-refractivity contribution is 0.288. The van der Waals surface area contributed by atoms with Crippen LogP contribution in [0.15, 0.2) is 23.1 Å². The van der Waals surface area contributed by atoms with Gasteiger partial charge in [-0.1, -0.05) is 6.07 Å². The minimum absolute atomic E-state index is 0. The number of hydrogen-bond donors (Lipinski definition) is 1. The van der Waals surface area contributed by atoms with E-state index in [1.807, 2.05) is 12.1 Å². The average molecular weight is 371 g/mol. The van der Waals surface area contributed by atoms with Crippen molar-refractivity contribution < 1.29 is 8.42 Å². The summed E-state index contributed by atoms with van der Waals surface area (Å²) in [6.45, 7) is 2.39. The fourth-order valence-electron chi connectivity index (χ4n) is 3.81. The number of halogens is 1. The molecule has 134 valence electrons. The lowest BCUT2D eigenvalue weighted by Gasteiger charge is -2.32. The van der Waals surface area contributed by atoms with E-state index >= 15 is 0 Å². The molecule has 1 aromatic rings. The van der Waals surface area contributed by atoms with E-state index in [9.17, 15) is 8.42 Å². The molecule has 1 N–H and O–H groups in total. The topological polar surface area (TPSA) is 49.4 Å². The van der Waals surface area contributed by atoms with E-state index in [0.717, 1.165) is 44.6 Å². The molecule has 2 fully saturated rings. The van der Waals surface area contributed by atoms with Crippen LogP contribution in [0.25, 0.3) is 0 Å². The van der Waals surface area contributed by atoms with E-state index in [2.05, 4.69) is 5.32 Å². The molecule has 4 rings (SSSR count). The summed E-state index contributed by atoms with van der Waals surface area (Å²) in [5, 5.41) is 3.61. The molecule has 1 aliphatic heterocycles. The maximum Gasteiger partial charge on any atom is 0.243 e. The van der Waals surface area contributed by atoms with Crippen LogP contribution in [0, 0.1) is 5.92 Å². The molecule has 0 spiro atoms. The average Bonchev–Trinajstić information content (AvgIpc) is 3.28. The number of fused-ring (bicyclic) bond motifs is 1. The van der Waals surface area contributed by atoms with E-state index in [-0.39, 0.29) is 12.4 Å². The van der Waals surface area contributed by atoms with Gasteiger partial charge in [-0.3, -0.25) is 0 Å². The third-order valence-electron chi connectivity index (χ3n) is 5.55. The third-order valence-corrected chi connectivity index (χ3v) is 7.45. The Balaban J connectivity index is 0.00000169. The van der Waals surface area contributed by atoms with E-state index < -0.39 is 10.0 Å². The smallest absolute Gasteiger partial charge is 0.243 e. The maximum absolute atomic E-state index is 12.9. The highest BCUT2D eigenvalue weighted by Crippen LogP contribution is 2.29. The van der Waals surface area contributed by atoms with Gasteiger partial charge in [0.15, 0.2) is 0 Å². The number of aryl methyl sites for hydroxylation is 2. The van der Waals surface area contributed by atoms with Gasteiger partial charge in [0.1, 0.15) is 0 Å². The Labute approximate surface area is 151 Å². The zero-order valence-corrected chi connectivity index (χ0v) is 15.7. The highest BCUT2D eigenvalue weighted by molar-refractivity contribution is 7.89.